The average molecular weight is 443 g/mol. The van der Waals surface area contributed by atoms with Crippen LogP contribution < -0.4 is 5.32 Å². The number of rotatable bonds is 4. The van der Waals surface area contributed by atoms with Gasteiger partial charge in [0.05, 0.1) is 26.4 Å². The molecule has 0 aliphatic rings. The highest BCUT2D eigenvalue weighted by Gasteiger charge is 2.17. The van der Waals surface area contributed by atoms with Crippen LogP contribution in [-0.2, 0) is 0 Å². The second kappa shape index (κ2) is 8.29. The fourth-order valence-electron chi connectivity index (χ4n) is 2.85. The molecule has 0 aliphatic heterocycles. The number of halogens is 3. The minimum atomic E-state index is -0.337. The van der Waals surface area contributed by atoms with Crippen molar-refractivity contribution in [1.82, 2.24) is 9.78 Å². The summed E-state index contributed by atoms with van der Waals surface area (Å²) in [7, 11) is 0. The SMILES string of the molecule is O=C(Nc1cc(-c2ccccc2)nn1-c1ccccc1Cl)c1ccc(Cl)c(Cl)c1. The Hall–Kier alpha value is -2.79. The maximum atomic E-state index is 12.8. The van der Waals surface area contributed by atoms with Crippen LogP contribution in [-0.4, -0.2) is 15.7 Å². The Bertz CT molecular complexity index is 1190. The number of carbonyl (C=O) groups excluding carboxylic acids is 1. The molecule has 1 heterocycles. The summed E-state index contributed by atoms with van der Waals surface area (Å²) in [5.74, 6) is 0.143. The van der Waals surface area contributed by atoms with Crippen LogP contribution in [0, 0.1) is 0 Å². The molecule has 0 radical (unpaired) electrons. The first kappa shape index (κ1) is 19.5. The summed E-state index contributed by atoms with van der Waals surface area (Å²) in [5.41, 5.74) is 2.66. The van der Waals surface area contributed by atoms with E-state index in [2.05, 4.69) is 10.4 Å². The van der Waals surface area contributed by atoms with E-state index in [-0.39, 0.29) is 5.91 Å². The molecule has 0 atom stereocenters. The summed E-state index contributed by atoms with van der Waals surface area (Å²) >= 11 is 18.4. The third-order valence-electron chi connectivity index (χ3n) is 4.28. The molecular weight excluding hydrogens is 429 g/mol. The minimum Gasteiger partial charge on any atom is -0.306 e. The predicted molar refractivity (Wildman–Crippen MR) is 118 cm³/mol. The number of para-hydroxylation sites is 1. The summed E-state index contributed by atoms with van der Waals surface area (Å²) < 4.78 is 1.61. The number of anilines is 1. The smallest absolute Gasteiger partial charge is 0.256 e. The van der Waals surface area contributed by atoms with E-state index in [0.29, 0.717) is 37.8 Å². The molecule has 4 aromatic rings. The van der Waals surface area contributed by atoms with Crippen LogP contribution in [0.3, 0.4) is 0 Å². The van der Waals surface area contributed by atoms with Gasteiger partial charge in [0.1, 0.15) is 5.82 Å². The van der Waals surface area contributed by atoms with Crippen LogP contribution >= 0.6 is 34.8 Å². The molecule has 0 aliphatic carbocycles. The van der Waals surface area contributed by atoms with Gasteiger partial charge in [-0.1, -0.05) is 77.3 Å². The topological polar surface area (TPSA) is 46.9 Å². The molecule has 144 valence electrons. The second-order valence-electron chi connectivity index (χ2n) is 6.23. The zero-order chi connectivity index (χ0) is 20.4. The summed E-state index contributed by atoms with van der Waals surface area (Å²) in [6, 6.07) is 23.5. The Morgan fingerprint density at radius 3 is 2.24 bits per heavy atom. The number of carbonyl (C=O) groups is 1. The summed E-state index contributed by atoms with van der Waals surface area (Å²) in [6.07, 6.45) is 0. The maximum absolute atomic E-state index is 12.8. The molecule has 29 heavy (non-hydrogen) atoms. The Kier molecular flexibility index (Phi) is 5.58. The molecule has 4 rings (SSSR count). The third-order valence-corrected chi connectivity index (χ3v) is 5.34. The standard InChI is InChI=1S/C22H14Cl3N3O/c23-16-11-10-15(12-18(16)25)22(29)26-21-13-19(14-6-2-1-3-7-14)27-28(21)20-9-5-4-8-17(20)24/h1-13H,(H,26,29). The third kappa shape index (κ3) is 4.15. The van der Waals surface area contributed by atoms with Crippen molar-refractivity contribution < 1.29 is 4.79 Å². The van der Waals surface area contributed by atoms with Gasteiger partial charge >= 0.3 is 0 Å². The normalized spacial score (nSPS) is 10.7. The molecular formula is C22H14Cl3N3O. The lowest BCUT2D eigenvalue weighted by atomic mass is 10.1. The lowest BCUT2D eigenvalue weighted by molar-refractivity contribution is 0.102. The first-order valence-corrected chi connectivity index (χ1v) is 9.83. The van der Waals surface area contributed by atoms with Crippen molar-refractivity contribution in [3.8, 4) is 16.9 Å². The molecule has 0 saturated heterocycles. The number of aromatic nitrogens is 2. The van der Waals surface area contributed by atoms with Crippen molar-refractivity contribution in [2.24, 2.45) is 0 Å². The van der Waals surface area contributed by atoms with Gasteiger partial charge in [-0.3, -0.25) is 4.79 Å². The molecule has 3 aromatic carbocycles. The van der Waals surface area contributed by atoms with Crippen molar-refractivity contribution in [2.45, 2.75) is 0 Å². The fourth-order valence-corrected chi connectivity index (χ4v) is 3.37. The van der Waals surface area contributed by atoms with Gasteiger partial charge in [-0.15, -0.1) is 0 Å². The Morgan fingerprint density at radius 2 is 1.52 bits per heavy atom. The lowest BCUT2D eigenvalue weighted by Gasteiger charge is -2.10. The van der Waals surface area contributed by atoms with Crippen molar-refractivity contribution >= 4 is 46.5 Å². The van der Waals surface area contributed by atoms with Crippen LogP contribution in [0.1, 0.15) is 10.4 Å². The molecule has 1 aromatic heterocycles. The maximum Gasteiger partial charge on any atom is 0.256 e. The van der Waals surface area contributed by atoms with Crippen molar-refractivity contribution in [1.29, 1.82) is 0 Å². The van der Waals surface area contributed by atoms with Gasteiger partial charge in [0.25, 0.3) is 5.91 Å². The van der Waals surface area contributed by atoms with Gasteiger partial charge in [-0.05, 0) is 30.3 Å². The van der Waals surface area contributed by atoms with Gasteiger partial charge < -0.3 is 5.32 Å². The predicted octanol–water partition coefficient (Wildman–Crippen LogP) is 6.75. The summed E-state index contributed by atoms with van der Waals surface area (Å²) in [4.78, 5) is 12.8. The molecule has 0 bridgehead atoms. The Morgan fingerprint density at radius 1 is 0.793 bits per heavy atom. The van der Waals surface area contributed by atoms with E-state index in [1.807, 2.05) is 48.5 Å². The number of nitrogens with one attached hydrogen (secondary N) is 1. The van der Waals surface area contributed by atoms with Crippen LogP contribution in [0.15, 0.2) is 78.9 Å². The lowest BCUT2D eigenvalue weighted by Crippen LogP contribution is -2.15. The van der Waals surface area contributed by atoms with Crippen molar-refractivity contribution in [3.63, 3.8) is 0 Å². The molecule has 0 spiro atoms. The molecule has 1 amide bonds. The largest absolute Gasteiger partial charge is 0.306 e. The van der Waals surface area contributed by atoms with E-state index < -0.39 is 0 Å². The monoisotopic (exact) mass is 441 g/mol. The van der Waals surface area contributed by atoms with E-state index in [4.69, 9.17) is 34.8 Å². The zero-order valence-electron chi connectivity index (χ0n) is 14.9. The molecule has 0 fully saturated rings. The van der Waals surface area contributed by atoms with E-state index >= 15 is 0 Å². The van der Waals surface area contributed by atoms with Gasteiger partial charge in [0, 0.05) is 17.2 Å². The summed E-state index contributed by atoms with van der Waals surface area (Å²) in [6.45, 7) is 0. The number of hydrogen-bond donors (Lipinski definition) is 1. The van der Waals surface area contributed by atoms with Gasteiger partial charge in [-0.25, -0.2) is 4.68 Å². The Labute approximate surface area is 182 Å². The molecule has 7 heteroatoms. The highest BCUT2D eigenvalue weighted by molar-refractivity contribution is 6.42. The molecule has 1 N–H and O–H groups in total. The summed E-state index contributed by atoms with van der Waals surface area (Å²) in [5, 5.41) is 8.76. The highest BCUT2D eigenvalue weighted by atomic mass is 35.5. The fraction of sp³-hybridized carbons (Fsp3) is 0. The van der Waals surface area contributed by atoms with Crippen molar-refractivity contribution in [2.75, 3.05) is 5.32 Å². The van der Waals surface area contributed by atoms with E-state index in [1.54, 1.807) is 28.9 Å². The number of nitrogens with zero attached hydrogens (tertiary/aromatic N) is 2. The zero-order valence-corrected chi connectivity index (χ0v) is 17.2. The quantitative estimate of drug-likeness (QED) is 0.380. The Balaban J connectivity index is 1.76. The highest BCUT2D eigenvalue weighted by Crippen LogP contribution is 2.29. The van der Waals surface area contributed by atoms with E-state index in [0.717, 1.165) is 5.56 Å². The van der Waals surface area contributed by atoms with Crippen LogP contribution in [0.2, 0.25) is 15.1 Å². The van der Waals surface area contributed by atoms with Gasteiger partial charge in [-0.2, -0.15) is 5.10 Å². The van der Waals surface area contributed by atoms with E-state index in [9.17, 15) is 4.79 Å². The average Bonchev–Trinajstić information content (AvgIpc) is 3.14. The number of amides is 1. The molecule has 0 unspecified atom stereocenters. The number of hydrogen-bond acceptors (Lipinski definition) is 2. The first-order chi connectivity index (χ1) is 14.0. The van der Waals surface area contributed by atoms with Crippen LogP contribution in [0.4, 0.5) is 5.82 Å². The van der Waals surface area contributed by atoms with Crippen LogP contribution in [0.25, 0.3) is 16.9 Å². The van der Waals surface area contributed by atoms with Gasteiger partial charge in [0.15, 0.2) is 0 Å². The first-order valence-electron chi connectivity index (χ1n) is 8.70. The molecule has 4 nitrogen and oxygen atoms in total. The van der Waals surface area contributed by atoms with Crippen LogP contribution in [0.5, 0.6) is 0 Å². The second-order valence-corrected chi connectivity index (χ2v) is 7.45. The van der Waals surface area contributed by atoms with Gasteiger partial charge in [0.2, 0.25) is 0 Å². The number of benzene rings is 3. The van der Waals surface area contributed by atoms with Crippen molar-refractivity contribution in [3.05, 3.63) is 99.5 Å². The van der Waals surface area contributed by atoms with E-state index in [1.165, 1.54) is 6.07 Å². The molecule has 0 saturated carbocycles. The minimum absolute atomic E-state index is 0.309.